The minimum Gasteiger partial charge on any atom is -0.356 e. The van der Waals surface area contributed by atoms with Crippen molar-refractivity contribution in [3.63, 3.8) is 0 Å². The number of hydrogen-bond donors (Lipinski definition) is 2. The van der Waals surface area contributed by atoms with Gasteiger partial charge in [0, 0.05) is 31.0 Å². The van der Waals surface area contributed by atoms with E-state index in [9.17, 15) is 4.79 Å². The number of carbonyl (C=O) groups excluding carboxylic acids is 1. The second kappa shape index (κ2) is 7.35. The molecule has 0 spiro atoms. The Kier molecular flexibility index (Phi) is 6.03. The van der Waals surface area contributed by atoms with Crippen molar-refractivity contribution in [2.45, 2.75) is 26.2 Å². The van der Waals surface area contributed by atoms with Gasteiger partial charge in [0.15, 0.2) is 0 Å². The number of thiazole rings is 1. The Balaban J connectivity index is 2.15. The Labute approximate surface area is 100 Å². The molecule has 4 nitrogen and oxygen atoms in total. The average Bonchev–Trinajstić information content (AvgIpc) is 2.79. The molecule has 0 aliphatic carbocycles. The fourth-order valence-corrected chi connectivity index (χ4v) is 2.03. The molecule has 1 atom stereocenters. The van der Waals surface area contributed by atoms with Gasteiger partial charge in [0.1, 0.15) is 0 Å². The molecule has 90 valence electrons. The normalized spacial score (nSPS) is 12.4. The van der Waals surface area contributed by atoms with Crippen LogP contribution in [0.4, 0.5) is 0 Å². The maximum Gasteiger partial charge on any atom is 0.220 e. The number of hydrogen-bond acceptors (Lipinski definition) is 4. The van der Waals surface area contributed by atoms with Crippen molar-refractivity contribution in [2.75, 3.05) is 13.1 Å². The molecule has 1 heterocycles. The van der Waals surface area contributed by atoms with Gasteiger partial charge in [0.25, 0.3) is 0 Å². The summed E-state index contributed by atoms with van der Waals surface area (Å²) in [5.41, 5.74) is 5.55. The van der Waals surface area contributed by atoms with Gasteiger partial charge in [-0.25, -0.2) is 4.98 Å². The average molecular weight is 241 g/mol. The first-order valence-electron chi connectivity index (χ1n) is 5.61. The van der Waals surface area contributed by atoms with Crippen molar-refractivity contribution < 1.29 is 4.79 Å². The topological polar surface area (TPSA) is 68.0 Å². The SMILES string of the molecule is CCC(CN)CC(=O)NCCc1nccs1. The van der Waals surface area contributed by atoms with Crippen LogP contribution in [0.1, 0.15) is 24.8 Å². The van der Waals surface area contributed by atoms with E-state index in [1.54, 1.807) is 17.5 Å². The number of rotatable bonds is 7. The van der Waals surface area contributed by atoms with Crippen molar-refractivity contribution in [1.82, 2.24) is 10.3 Å². The van der Waals surface area contributed by atoms with Crippen LogP contribution in [-0.4, -0.2) is 24.0 Å². The lowest BCUT2D eigenvalue weighted by molar-refractivity contribution is -0.121. The highest BCUT2D eigenvalue weighted by Crippen LogP contribution is 2.06. The monoisotopic (exact) mass is 241 g/mol. The molecule has 1 rings (SSSR count). The predicted molar refractivity (Wildman–Crippen MR) is 66.3 cm³/mol. The van der Waals surface area contributed by atoms with Crippen LogP contribution in [0, 0.1) is 5.92 Å². The van der Waals surface area contributed by atoms with Crippen LogP contribution in [0.3, 0.4) is 0 Å². The number of amides is 1. The summed E-state index contributed by atoms with van der Waals surface area (Å²) in [6.07, 6.45) is 4.08. The summed E-state index contributed by atoms with van der Waals surface area (Å²) in [6.45, 7) is 3.30. The number of aromatic nitrogens is 1. The van der Waals surface area contributed by atoms with Gasteiger partial charge in [0.05, 0.1) is 5.01 Å². The summed E-state index contributed by atoms with van der Waals surface area (Å²) in [6, 6.07) is 0. The quantitative estimate of drug-likeness (QED) is 0.753. The van der Waals surface area contributed by atoms with Crippen LogP contribution in [0.5, 0.6) is 0 Å². The minimum atomic E-state index is 0.0915. The van der Waals surface area contributed by atoms with E-state index in [4.69, 9.17) is 5.73 Å². The van der Waals surface area contributed by atoms with Crippen LogP contribution < -0.4 is 11.1 Å². The van der Waals surface area contributed by atoms with Gasteiger partial charge in [0.2, 0.25) is 5.91 Å². The molecule has 0 saturated heterocycles. The molecule has 1 amide bonds. The van der Waals surface area contributed by atoms with Gasteiger partial charge in [-0.05, 0) is 12.5 Å². The van der Waals surface area contributed by atoms with E-state index < -0.39 is 0 Å². The first-order valence-corrected chi connectivity index (χ1v) is 6.49. The molecule has 5 heteroatoms. The standard InChI is InChI=1S/C11H19N3OS/c1-2-9(8-12)7-10(15)13-4-3-11-14-5-6-16-11/h5-6,9H,2-4,7-8,12H2,1H3,(H,13,15). The maximum atomic E-state index is 11.5. The molecular formula is C11H19N3OS. The summed E-state index contributed by atoms with van der Waals surface area (Å²) in [4.78, 5) is 15.7. The summed E-state index contributed by atoms with van der Waals surface area (Å²) < 4.78 is 0. The van der Waals surface area contributed by atoms with Gasteiger partial charge in [-0.15, -0.1) is 11.3 Å². The third kappa shape index (κ3) is 4.72. The van der Waals surface area contributed by atoms with E-state index in [1.807, 2.05) is 5.38 Å². The lowest BCUT2D eigenvalue weighted by Crippen LogP contribution is -2.29. The molecular weight excluding hydrogens is 222 g/mol. The summed E-state index contributed by atoms with van der Waals surface area (Å²) in [5.74, 6) is 0.397. The fourth-order valence-electron chi connectivity index (χ4n) is 1.41. The second-order valence-corrected chi connectivity index (χ2v) is 4.72. The van der Waals surface area contributed by atoms with Crippen LogP contribution in [-0.2, 0) is 11.2 Å². The van der Waals surface area contributed by atoms with E-state index in [1.165, 1.54) is 0 Å². The highest BCUT2D eigenvalue weighted by Gasteiger charge is 2.09. The highest BCUT2D eigenvalue weighted by atomic mass is 32.1. The number of carbonyl (C=O) groups is 1. The van der Waals surface area contributed by atoms with Crippen molar-refractivity contribution in [1.29, 1.82) is 0 Å². The molecule has 1 unspecified atom stereocenters. The van der Waals surface area contributed by atoms with Crippen molar-refractivity contribution in [3.8, 4) is 0 Å². The van der Waals surface area contributed by atoms with Gasteiger partial charge in [-0.3, -0.25) is 4.79 Å². The number of nitrogens with zero attached hydrogens (tertiary/aromatic N) is 1. The molecule has 0 radical (unpaired) electrons. The summed E-state index contributed by atoms with van der Waals surface area (Å²) in [5, 5.41) is 5.90. The van der Waals surface area contributed by atoms with E-state index in [2.05, 4.69) is 17.2 Å². The van der Waals surface area contributed by atoms with Crippen LogP contribution in [0.25, 0.3) is 0 Å². The smallest absolute Gasteiger partial charge is 0.220 e. The molecule has 16 heavy (non-hydrogen) atoms. The first-order chi connectivity index (χ1) is 7.76. The van der Waals surface area contributed by atoms with Crippen molar-refractivity contribution in [3.05, 3.63) is 16.6 Å². The Morgan fingerprint density at radius 3 is 3.06 bits per heavy atom. The van der Waals surface area contributed by atoms with Gasteiger partial charge in [-0.2, -0.15) is 0 Å². The maximum absolute atomic E-state index is 11.5. The zero-order chi connectivity index (χ0) is 11.8. The molecule has 0 fully saturated rings. The zero-order valence-corrected chi connectivity index (χ0v) is 10.4. The van der Waals surface area contributed by atoms with E-state index in [0.717, 1.165) is 17.8 Å². The zero-order valence-electron chi connectivity index (χ0n) is 9.61. The molecule has 1 aromatic rings. The molecule has 0 aromatic carbocycles. The van der Waals surface area contributed by atoms with Crippen LogP contribution in [0.2, 0.25) is 0 Å². The molecule has 1 aromatic heterocycles. The van der Waals surface area contributed by atoms with Crippen molar-refractivity contribution >= 4 is 17.2 Å². The molecule has 0 saturated carbocycles. The van der Waals surface area contributed by atoms with Crippen LogP contribution in [0.15, 0.2) is 11.6 Å². The Morgan fingerprint density at radius 1 is 1.69 bits per heavy atom. The fraction of sp³-hybridized carbons (Fsp3) is 0.636. The van der Waals surface area contributed by atoms with Gasteiger partial charge < -0.3 is 11.1 Å². The van der Waals surface area contributed by atoms with Crippen molar-refractivity contribution in [2.24, 2.45) is 11.7 Å². The van der Waals surface area contributed by atoms with Crippen LogP contribution >= 0.6 is 11.3 Å². The second-order valence-electron chi connectivity index (χ2n) is 3.74. The van der Waals surface area contributed by atoms with Gasteiger partial charge >= 0.3 is 0 Å². The highest BCUT2D eigenvalue weighted by molar-refractivity contribution is 7.09. The molecule has 0 bridgehead atoms. The Morgan fingerprint density at radius 2 is 2.50 bits per heavy atom. The van der Waals surface area contributed by atoms with E-state index in [0.29, 0.717) is 25.4 Å². The number of nitrogens with one attached hydrogen (secondary N) is 1. The molecule has 0 aliphatic heterocycles. The Hall–Kier alpha value is -0.940. The third-order valence-corrected chi connectivity index (χ3v) is 3.37. The third-order valence-electron chi connectivity index (χ3n) is 2.53. The molecule has 3 N–H and O–H groups in total. The van der Waals surface area contributed by atoms with E-state index >= 15 is 0 Å². The lowest BCUT2D eigenvalue weighted by Gasteiger charge is -2.11. The Bertz CT molecular complexity index is 296. The predicted octanol–water partition coefficient (Wildman–Crippen LogP) is 1.18. The van der Waals surface area contributed by atoms with Gasteiger partial charge in [-0.1, -0.05) is 13.3 Å². The summed E-state index contributed by atoms with van der Waals surface area (Å²) in [7, 11) is 0. The molecule has 0 aliphatic rings. The largest absolute Gasteiger partial charge is 0.356 e. The first kappa shape index (κ1) is 13.1. The van der Waals surface area contributed by atoms with E-state index in [-0.39, 0.29) is 5.91 Å². The summed E-state index contributed by atoms with van der Waals surface area (Å²) >= 11 is 1.62. The minimum absolute atomic E-state index is 0.0915. The lowest BCUT2D eigenvalue weighted by atomic mass is 10.0. The number of nitrogens with two attached hydrogens (primary N) is 1.